The summed E-state index contributed by atoms with van der Waals surface area (Å²) >= 11 is 6.15. The number of alkyl halides is 3. The minimum Gasteiger partial charge on any atom is -0.493 e. The van der Waals surface area contributed by atoms with E-state index in [1.807, 2.05) is 17.9 Å². The molecule has 0 N–H and O–H groups in total. The second-order valence-corrected chi connectivity index (χ2v) is 10.6. The van der Waals surface area contributed by atoms with Gasteiger partial charge in [-0.05, 0) is 87.1 Å². The lowest BCUT2D eigenvalue weighted by Crippen LogP contribution is -2.51. The fourth-order valence-corrected chi connectivity index (χ4v) is 5.31. The molecule has 0 aromatic heterocycles. The maximum atomic E-state index is 13.3. The Kier molecular flexibility index (Phi) is 8.75. The van der Waals surface area contributed by atoms with Crippen molar-refractivity contribution in [3.8, 4) is 11.5 Å². The molecule has 4 rings (SSSR count). The number of ether oxygens (including phenoxy) is 2. The summed E-state index contributed by atoms with van der Waals surface area (Å²) in [4.78, 5) is 30.2. The van der Waals surface area contributed by atoms with Crippen LogP contribution in [0.15, 0.2) is 42.5 Å². The van der Waals surface area contributed by atoms with Crippen LogP contribution in [0, 0.1) is 12.3 Å². The predicted molar refractivity (Wildman–Crippen MR) is 137 cm³/mol. The third kappa shape index (κ3) is 7.34. The van der Waals surface area contributed by atoms with E-state index < -0.39 is 11.8 Å². The zero-order chi connectivity index (χ0) is 27.3. The summed E-state index contributed by atoms with van der Waals surface area (Å²) in [5.41, 5.74) is 0.530. The lowest BCUT2D eigenvalue weighted by Gasteiger charge is -2.43. The minimum atomic E-state index is -4.80. The molecule has 2 fully saturated rings. The van der Waals surface area contributed by atoms with Gasteiger partial charge in [0.2, 0.25) is 5.91 Å². The summed E-state index contributed by atoms with van der Waals surface area (Å²) in [5, 5.41) is 0.633. The first-order valence-corrected chi connectivity index (χ1v) is 13.2. The summed E-state index contributed by atoms with van der Waals surface area (Å²) < 4.78 is 47.6. The molecule has 2 aromatic carbocycles. The maximum Gasteiger partial charge on any atom is 0.573 e. The molecule has 2 heterocycles. The first-order chi connectivity index (χ1) is 18.0. The number of benzene rings is 2. The van der Waals surface area contributed by atoms with Gasteiger partial charge in [0.25, 0.3) is 5.91 Å². The Morgan fingerprint density at radius 2 is 1.61 bits per heavy atom. The van der Waals surface area contributed by atoms with Crippen molar-refractivity contribution in [2.45, 2.75) is 51.8 Å². The van der Waals surface area contributed by atoms with Crippen LogP contribution in [0.1, 0.15) is 54.4 Å². The van der Waals surface area contributed by atoms with Gasteiger partial charge in [-0.15, -0.1) is 13.2 Å². The molecule has 0 bridgehead atoms. The average molecular weight is 553 g/mol. The van der Waals surface area contributed by atoms with Crippen molar-refractivity contribution in [3.63, 3.8) is 0 Å². The van der Waals surface area contributed by atoms with E-state index >= 15 is 0 Å². The number of carbonyl (C=O) groups excluding carboxylic acids is 2. The molecule has 2 aliphatic rings. The van der Waals surface area contributed by atoms with Crippen LogP contribution in [0.4, 0.5) is 13.2 Å². The zero-order valence-corrected chi connectivity index (χ0v) is 22.1. The molecular formula is C28H32ClF3N2O4. The first-order valence-electron chi connectivity index (χ1n) is 12.9. The number of rotatable bonds is 7. The summed E-state index contributed by atoms with van der Waals surface area (Å²) in [6, 6.07) is 10.3. The van der Waals surface area contributed by atoms with Crippen molar-refractivity contribution in [1.82, 2.24) is 9.80 Å². The Bertz CT molecular complexity index is 1140. The number of hydrogen-bond acceptors (Lipinski definition) is 4. The Hall–Kier alpha value is -2.94. The standard InChI is InChI=1S/C28H32ClF3N2O4/c1-20-16-23(10-11-24(20)29)37-19-27(17-25(35)33-13-3-2-4-14-33)12-5-15-34(18-27)26(36)21-6-8-22(9-7-21)38-28(30,31)32/h6-11,16H,2-5,12-15,17-19H2,1H3/t27-/m1/s1. The molecule has 0 spiro atoms. The van der Waals surface area contributed by atoms with Crippen LogP contribution in [0.5, 0.6) is 11.5 Å². The number of aryl methyl sites for hydroxylation is 1. The molecule has 1 atom stereocenters. The highest BCUT2D eigenvalue weighted by Crippen LogP contribution is 2.37. The monoisotopic (exact) mass is 552 g/mol. The fourth-order valence-electron chi connectivity index (χ4n) is 5.20. The van der Waals surface area contributed by atoms with Gasteiger partial charge in [-0.3, -0.25) is 9.59 Å². The number of amides is 2. The smallest absolute Gasteiger partial charge is 0.493 e. The van der Waals surface area contributed by atoms with Crippen molar-refractivity contribution in [2.24, 2.45) is 5.41 Å². The number of piperidine rings is 2. The molecule has 0 unspecified atom stereocenters. The van der Waals surface area contributed by atoms with Gasteiger partial charge in [0.15, 0.2) is 0 Å². The molecule has 2 aliphatic heterocycles. The van der Waals surface area contributed by atoms with Crippen LogP contribution in [0.2, 0.25) is 5.02 Å². The average Bonchev–Trinajstić information content (AvgIpc) is 2.89. The summed E-state index contributed by atoms with van der Waals surface area (Å²) in [7, 11) is 0. The van der Waals surface area contributed by atoms with Crippen LogP contribution >= 0.6 is 11.6 Å². The van der Waals surface area contributed by atoms with Crippen LogP contribution in [-0.4, -0.2) is 60.8 Å². The number of hydrogen-bond donors (Lipinski definition) is 0. The first kappa shape index (κ1) is 28.1. The van der Waals surface area contributed by atoms with Crippen LogP contribution < -0.4 is 9.47 Å². The normalized spacial score (nSPS) is 20.2. The number of carbonyl (C=O) groups is 2. The zero-order valence-electron chi connectivity index (χ0n) is 21.4. The molecule has 0 aliphatic carbocycles. The van der Waals surface area contributed by atoms with Crippen LogP contribution in [0.3, 0.4) is 0 Å². The van der Waals surface area contributed by atoms with Crippen molar-refractivity contribution in [3.05, 3.63) is 58.6 Å². The summed E-state index contributed by atoms with van der Waals surface area (Å²) in [6.45, 7) is 4.40. The Balaban J connectivity index is 1.51. The van der Waals surface area contributed by atoms with E-state index in [-0.39, 0.29) is 36.2 Å². The van der Waals surface area contributed by atoms with Gasteiger partial charge < -0.3 is 19.3 Å². The third-order valence-corrected chi connectivity index (χ3v) is 7.62. The molecule has 2 saturated heterocycles. The Labute approximate surface area is 225 Å². The molecule has 2 amide bonds. The molecule has 2 aromatic rings. The Morgan fingerprint density at radius 3 is 2.26 bits per heavy atom. The molecule has 10 heteroatoms. The van der Waals surface area contributed by atoms with Gasteiger partial charge in [0.05, 0.1) is 6.61 Å². The second-order valence-electron chi connectivity index (χ2n) is 10.2. The fraction of sp³-hybridized carbons (Fsp3) is 0.500. The topological polar surface area (TPSA) is 59.1 Å². The van der Waals surface area contributed by atoms with Crippen molar-refractivity contribution in [1.29, 1.82) is 0 Å². The molecule has 38 heavy (non-hydrogen) atoms. The van der Waals surface area contributed by atoms with Crippen LogP contribution in [0.25, 0.3) is 0 Å². The third-order valence-electron chi connectivity index (χ3n) is 7.19. The van der Waals surface area contributed by atoms with Gasteiger partial charge in [0, 0.05) is 48.6 Å². The van der Waals surface area contributed by atoms with Gasteiger partial charge in [-0.25, -0.2) is 0 Å². The van der Waals surface area contributed by atoms with E-state index in [0.29, 0.717) is 36.7 Å². The van der Waals surface area contributed by atoms with E-state index in [1.54, 1.807) is 17.0 Å². The highest BCUT2D eigenvalue weighted by atomic mass is 35.5. The van der Waals surface area contributed by atoms with E-state index in [0.717, 1.165) is 50.0 Å². The highest BCUT2D eigenvalue weighted by molar-refractivity contribution is 6.31. The number of likely N-dealkylation sites (tertiary alicyclic amines) is 2. The van der Waals surface area contributed by atoms with Gasteiger partial charge in [-0.2, -0.15) is 0 Å². The quantitative estimate of drug-likeness (QED) is 0.407. The van der Waals surface area contributed by atoms with E-state index in [9.17, 15) is 22.8 Å². The number of halogens is 4. The molecular weight excluding hydrogens is 521 g/mol. The van der Waals surface area contributed by atoms with E-state index in [2.05, 4.69) is 4.74 Å². The molecule has 6 nitrogen and oxygen atoms in total. The largest absolute Gasteiger partial charge is 0.573 e. The Morgan fingerprint density at radius 1 is 0.947 bits per heavy atom. The van der Waals surface area contributed by atoms with Crippen molar-refractivity contribution >= 4 is 23.4 Å². The summed E-state index contributed by atoms with van der Waals surface area (Å²) in [6.07, 6.45) is -0.0826. The van der Waals surface area contributed by atoms with Crippen LogP contribution in [-0.2, 0) is 4.79 Å². The number of nitrogens with zero attached hydrogens (tertiary/aromatic N) is 2. The SMILES string of the molecule is Cc1cc(OC[C@@]2(CC(=O)N3CCCCC3)CCCN(C(=O)c3ccc(OC(F)(F)F)cc3)C2)ccc1Cl. The minimum absolute atomic E-state index is 0.0588. The second kappa shape index (κ2) is 11.8. The molecule has 0 radical (unpaired) electrons. The molecule has 0 saturated carbocycles. The highest BCUT2D eigenvalue weighted by Gasteiger charge is 2.41. The lowest BCUT2D eigenvalue weighted by molar-refractivity contribution is -0.274. The van der Waals surface area contributed by atoms with E-state index in [1.165, 1.54) is 12.1 Å². The van der Waals surface area contributed by atoms with Crippen molar-refractivity contribution in [2.75, 3.05) is 32.8 Å². The van der Waals surface area contributed by atoms with Gasteiger partial charge >= 0.3 is 6.36 Å². The van der Waals surface area contributed by atoms with Crippen molar-refractivity contribution < 1.29 is 32.2 Å². The maximum absolute atomic E-state index is 13.3. The molecule has 206 valence electrons. The predicted octanol–water partition coefficient (Wildman–Crippen LogP) is 6.25. The summed E-state index contributed by atoms with van der Waals surface area (Å²) in [5.74, 6) is 0.00478. The lowest BCUT2D eigenvalue weighted by atomic mass is 9.77. The van der Waals surface area contributed by atoms with Gasteiger partial charge in [0.1, 0.15) is 11.5 Å². The van der Waals surface area contributed by atoms with Gasteiger partial charge in [-0.1, -0.05) is 11.6 Å². The van der Waals surface area contributed by atoms with E-state index in [4.69, 9.17) is 16.3 Å².